The first-order chi connectivity index (χ1) is 9.63. The number of hydrogen-bond acceptors (Lipinski definition) is 5. The lowest BCUT2D eigenvalue weighted by Crippen LogP contribution is -2.54. The molecule has 0 spiro atoms. The van der Waals surface area contributed by atoms with Gasteiger partial charge in [0.2, 0.25) is 5.91 Å². The summed E-state index contributed by atoms with van der Waals surface area (Å²) in [6, 6.07) is 3.05. The Morgan fingerprint density at radius 1 is 1.48 bits per heavy atom. The van der Waals surface area contributed by atoms with Crippen LogP contribution in [0.4, 0.5) is 0 Å². The molecule has 1 atom stereocenters. The second kappa shape index (κ2) is 6.54. The van der Waals surface area contributed by atoms with Crippen LogP contribution < -0.4 is 5.32 Å². The van der Waals surface area contributed by atoms with E-state index in [0.29, 0.717) is 0 Å². The Bertz CT molecular complexity index is 612. The molecule has 0 aliphatic carbocycles. The summed E-state index contributed by atoms with van der Waals surface area (Å²) in [5, 5.41) is 13.1. The van der Waals surface area contributed by atoms with E-state index in [1.165, 1.54) is 20.0 Å². The Morgan fingerprint density at radius 3 is 2.52 bits per heavy atom. The van der Waals surface area contributed by atoms with Crippen LogP contribution in [0.2, 0.25) is 0 Å². The maximum atomic E-state index is 12.1. The molecule has 0 bridgehead atoms. The van der Waals surface area contributed by atoms with Crippen molar-refractivity contribution in [2.75, 3.05) is 13.6 Å². The average Bonchev–Trinajstić information content (AvgIpc) is 2.92. The lowest BCUT2D eigenvalue weighted by Gasteiger charge is -2.25. The van der Waals surface area contributed by atoms with E-state index in [-0.39, 0.29) is 10.6 Å². The summed E-state index contributed by atoms with van der Waals surface area (Å²) in [6.07, 6.45) is 0.190. The first-order valence-electron chi connectivity index (χ1n) is 6.17. The van der Waals surface area contributed by atoms with Gasteiger partial charge in [-0.25, -0.2) is 13.2 Å². The molecule has 1 aromatic rings. The molecule has 0 radical (unpaired) electrons. The van der Waals surface area contributed by atoms with E-state index in [2.05, 4.69) is 5.32 Å². The van der Waals surface area contributed by atoms with E-state index in [9.17, 15) is 18.0 Å². The molecule has 2 N–H and O–H groups in total. The first-order valence-corrected chi connectivity index (χ1v) is 8.49. The number of carboxylic acid groups (broad SMARTS) is 1. The topological polar surface area (TPSA) is 104 Å². The summed E-state index contributed by atoms with van der Waals surface area (Å²) in [6.45, 7) is 2.56. The Morgan fingerprint density at radius 2 is 2.10 bits per heavy atom. The van der Waals surface area contributed by atoms with Crippen molar-refractivity contribution < 1.29 is 23.1 Å². The van der Waals surface area contributed by atoms with E-state index in [1.54, 1.807) is 18.4 Å². The number of sulfonamides is 1. The van der Waals surface area contributed by atoms with E-state index < -0.39 is 34.0 Å². The number of carboxylic acids is 1. The molecule has 21 heavy (non-hydrogen) atoms. The number of rotatable bonds is 7. The van der Waals surface area contributed by atoms with Crippen LogP contribution in [0, 0.1) is 0 Å². The summed E-state index contributed by atoms with van der Waals surface area (Å²) in [7, 11) is -2.45. The average molecular weight is 334 g/mol. The van der Waals surface area contributed by atoms with Gasteiger partial charge in [-0.3, -0.25) is 4.79 Å². The molecule has 9 heteroatoms. The summed E-state index contributed by atoms with van der Waals surface area (Å²) in [5.41, 5.74) is -1.41. The molecule has 118 valence electrons. The molecule has 1 aromatic heterocycles. The number of carbonyl (C=O) groups excluding carboxylic acids is 1. The predicted molar refractivity (Wildman–Crippen MR) is 78.6 cm³/mol. The second-order valence-electron chi connectivity index (χ2n) is 4.73. The van der Waals surface area contributed by atoms with Crippen LogP contribution in [0.1, 0.15) is 20.3 Å². The van der Waals surface area contributed by atoms with Crippen molar-refractivity contribution in [1.29, 1.82) is 0 Å². The molecule has 1 amide bonds. The predicted octanol–water partition coefficient (Wildman–Crippen LogP) is 0.738. The Hall–Kier alpha value is -1.45. The van der Waals surface area contributed by atoms with Crippen molar-refractivity contribution in [2.24, 2.45) is 0 Å². The lowest BCUT2D eigenvalue weighted by atomic mass is 9.99. The van der Waals surface area contributed by atoms with Crippen molar-refractivity contribution in [3.8, 4) is 0 Å². The van der Waals surface area contributed by atoms with Crippen LogP contribution in [0.25, 0.3) is 0 Å². The van der Waals surface area contributed by atoms with Gasteiger partial charge in [0.25, 0.3) is 10.0 Å². The van der Waals surface area contributed by atoms with Crippen molar-refractivity contribution in [1.82, 2.24) is 9.62 Å². The van der Waals surface area contributed by atoms with Gasteiger partial charge in [0.1, 0.15) is 9.75 Å². The molecule has 0 aliphatic heterocycles. The number of aliphatic carboxylic acids is 1. The molecular formula is C12H18N2O5S2. The molecule has 0 fully saturated rings. The minimum absolute atomic E-state index is 0.134. The zero-order valence-electron chi connectivity index (χ0n) is 12.0. The van der Waals surface area contributed by atoms with E-state index in [4.69, 9.17) is 5.11 Å². The molecule has 0 aliphatic rings. The first kappa shape index (κ1) is 17.6. The standard InChI is InChI=1S/C12H18N2O5S2/c1-4-12(2,11(16)17)13-9(15)8-14(3)21(18,19)10-6-5-7-20-10/h5-7H,4,8H2,1-3H3,(H,13,15)(H,16,17). The smallest absolute Gasteiger partial charge is 0.329 e. The summed E-state index contributed by atoms with van der Waals surface area (Å²) < 4.78 is 25.3. The molecule has 0 aromatic carbocycles. The summed E-state index contributed by atoms with van der Waals surface area (Å²) >= 11 is 1.05. The van der Waals surface area contributed by atoms with Gasteiger partial charge in [-0.2, -0.15) is 4.31 Å². The van der Waals surface area contributed by atoms with Crippen LogP contribution >= 0.6 is 11.3 Å². The zero-order chi connectivity index (χ0) is 16.3. The van der Waals surface area contributed by atoms with Crippen LogP contribution in [0.15, 0.2) is 21.7 Å². The summed E-state index contributed by atoms with van der Waals surface area (Å²) in [4.78, 5) is 23.0. The van der Waals surface area contributed by atoms with Gasteiger partial charge in [0, 0.05) is 7.05 Å². The van der Waals surface area contributed by atoms with Crippen molar-refractivity contribution in [3.05, 3.63) is 17.5 Å². The third-order valence-electron chi connectivity index (χ3n) is 3.12. The maximum absolute atomic E-state index is 12.1. The van der Waals surface area contributed by atoms with Crippen LogP contribution in [-0.2, 0) is 19.6 Å². The number of hydrogen-bond donors (Lipinski definition) is 2. The third-order valence-corrected chi connectivity index (χ3v) is 6.30. The number of likely N-dealkylation sites (N-methyl/N-ethyl adjacent to an activating group) is 1. The summed E-state index contributed by atoms with van der Waals surface area (Å²) in [5.74, 6) is -1.83. The van der Waals surface area contributed by atoms with Crippen molar-refractivity contribution >= 4 is 33.2 Å². The van der Waals surface area contributed by atoms with E-state index in [1.807, 2.05) is 0 Å². The van der Waals surface area contributed by atoms with E-state index >= 15 is 0 Å². The van der Waals surface area contributed by atoms with E-state index in [0.717, 1.165) is 15.6 Å². The Labute approximate surface area is 127 Å². The third kappa shape index (κ3) is 4.02. The van der Waals surface area contributed by atoms with Gasteiger partial charge in [-0.05, 0) is 24.8 Å². The number of thiophene rings is 1. The highest BCUT2D eigenvalue weighted by Gasteiger charge is 2.34. The molecule has 1 unspecified atom stereocenters. The normalized spacial score (nSPS) is 14.7. The largest absolute Gasteiger partial charge is 0.480 e. The van der Waals surface area contributed by atoms with Gasteiger partial charge >= 0.3 is 5.97 Å². The Kier molecular flexibility index (Phi) is 5.48. The number of nitrogens with one attached hydrogen (secondary N) is 1. The SMILES string of the molecule is CCC(C)(NC(=O)CN(C)S(=O)(=O)c1cccs1)C(=O)O. The minimum atomic E-state index is -3.73. The lowest BCUT2D eigenvalue weighted by molar-refractivity contribution is -0.147. The van der Waals surface area contributed by atoms with Crippen molar-refractivity contribution in [2.45, 2.75) is 30.0 Å². The fourth-order valence-electron chi connectivity index (χ4n) is 1.49. The number of amides is 1. The van der Waals surface area contributed by atoms with Crippen LogP contribution in [0.5, 0.6) is 0 Å². The van der Waals surface area contributed by atoms with Gasteiger partial charge in [0.05, 0.1) is 6.54 Å². The highest BCUT2D eigenvalue weighted by molar-refractivity contribution is 7.91. The highest BCUT2D eigenvalue weighted by Crippen LogP contribution is 2.19. The van der Waals surface area contributed by atoms with Gasteiger partial charge in [-0.15, -0.1) is 11.3 Å². The maximum Gasteiger partial charge on any atom is 0.329 e. The highest BCUT2D eigenvalue weighted by atomic mass is 32.2. The molecule has 1 heterocycles. The molecule has 0 saturated carbocycles. The van der Waals surface area contributed by atoms with Gasteiger partial charge < -0.3 is 10.4 Å². The van der Waals surface area contributed by atoms with Gasteiger partial charge in [-0.1, -0.05) is 13.0 Å². The fraction of sp³-hybridized carbons (Fsp3) is 0.500. The number of carbonyl (C=O) groups is 2. The molecule has 0 saturated heterocycles. The molecular weight excluding hydrogens is 316 g/mol. The molecule has 1 rings (SSSR count). The van der Waals surface area contributed by atoms with Crippen LogP contribution in [-0.4, -0.2) is 48.8 Å². The zero-order valence-corrected chi connectivity index (χ0v) is 13.6. The van der Waals surface area contributed by atoms with Crippen molar-refractivity contribution in [3.63, 3.8) is 0 Å². The Balaban J connectivity index is 2.78. The fourth-order valence-corrected chi connectivity index (χ4v) is 3.82. The molecule has 7 nitrogen and oxygen atoms in total. The minimum Gasteiger partial charge on any atom is -0.480 e. The monoisotopic (exact) mass is 334 g/mol. The second-order valence-corrected chi connectivity index (χ2v) is 7.95. The number of nitrogens with zero attached hydrogens (tertiary/aromatic N) is 1. The quantitative estimate of drug-likeness (QED) is 0.765. The van der Waals surface area contributed by atoms with Crippen LogP contribution in [0.3, 0.4) is 0 Å². The van der Waals surface area contributed by atoms with Gasteiger partial charge in [0.15, 0.2) is 0 Å².